The topological polar surface area (TPSA) is 125 Å². The lowest BCUT2D eigenvalue weighted by Crippen LogP contribution is -2.63. The fourth-order valence-electron chi connectivity index (χ4n) is 7.95. The van der Waals surface area contributed by atoms with Gasteiger partial charge in [0.05, 0.1) is 19.3 Å². The van der Waals surface area contributed by atoms with Crippen molar-refractivity contribution in [2.24, 2.45) is 28.6 Å². The van der Waals surface area contributed by atoms with E-state index in [1.807, 2.05) is 20.8 Å². The van der Waals surface area contributed by atoms with Gasteiger partial charge < -0.3 is 24.1 Å². The molecule has 3 fully saturated rings. The summed E-state index contributed by atoms with van der Waals surface area (Å²) in [6.07, 6.45) is 3.57. The standard InChI is InChI=1S/C28H40O9/c1-5-13-34-24(32)36-23(31)28(37-25(33)35-14-6-2)12-10-20-19-8-7-17-15-18(29)9-11-26(17,3)22(19)21(30)16-27(20,28)4/h15,19-22,30H,5-14,16H2,1-4H3/t19-,20-,21-,22+,26-,27-,28-/m0/s1. The van der Waals surface area contributed by atoms with Crippen LogP contribution in [0.5, 0.6) is 0 Å². The Morgan fingerprint density at radius 1 is 1.00 bits per heavy atom. The third kappa shape index (κ3) is 4.57. The summed E-state index contributed by atoms with van der Waals surface area (Å²) in [5.74, 6) is -0.926. The normalized spacial score (nSPS) is 38.4. The highest BCUT2D eigenvalue weighted by molar-refractivity contribution is 5.92. The molecule has 0 heterocycles. The van der Waals surface area contributed by atoms with Crippen LogP contribution in [0.2, 0.25) is 0 Å². The monoisotopic (exact) mass is 520 g/mol. The summed E-state index contributed by atoms with van der Waals surface area (Å²) in [5.41, 5.74) is -1.97. The number of rotatable bonds is 6. The molecule has 0 aromatic rings. The maximum Gasteiger partial charge on any atom is 0.516 e. The van der Waals surface area contributed by atoms with Crippen LogP contribution in [-0.4, -0.2) is 54.1 Å². The molecule has 0 spiro atoms. The smallest absolute Gasteiger partial charge is 0.434 e. The van der Waals surface area contributed by atoms with Crippen LogP contribution >= 0.6 is 0 Å². The van der Waals surface area contributed by atoms with Crippen molar-refractivity contribution in [3.8, 4) is 0 Å². The molecule has 37 heavy (non-hydrogen) atoms. The van der Waals surface area contributed by atoms with Gasteiger partial charge in [-0.1, -0.05) is 33.3 Å². The molecule has 0 radical (unpaired) electrons. The third-order valence-electron chi connectivity index (χ3n) is 9.63. The van der Waals surface area contributed by atoms with E-state index in [0.29, 0.717) is 32.1 Å². The first-order valence-corrected chi connectivity index (χ1v) is 13.7. The number of ether oxygens (including phenoxy) is 4. The summed E-state index contributed by atoms with van der Waals surface area (Å²) in [4.78, 5) is 50.7. The first-order chi connectivity index (χ1) is 17.5. The SMILES string of the molecule is CCCOC(=O)OC(=O)[C@@]1(OC(=O)OCCC)CC[C@H]2[C@@H]3CCC4=CC(=O)CC[C@]4(C)[C@H]3[C@@H](O)C[C@@]21C. The van der Waals surface area contributed by atoms with Gasteiger partial charge in [-0.05, 0) is 80.6 Å². The minimum absolute atomic E-state index is 0.0566. The Morgan fingerprint density at radius 2 is 1.68 bits per heavy atom. The molecule has 0 aromatic heterocycles. The number of aliphatic hydroxyl groups is 1. The van der Waals surface area contributed by atoms with Gasteiger partial charge in [0.15, 0.2) is 5.78 Å². The number of carbonyl (C=O) groups is 4. The molecule has 4 aliphatic rings. The Balaban J connectivity index is 1.68. The van der Waals surface area contributed by atoms with Gasteiger partial charge in [0, 0.05) is 11.8 Å². The molecule has 9 nitrogen and oxygen atoms in total. The zero-order valence-corrected chi connectivity index (χ0v) is 22.4. The Bertz CT molecular complexity index is 973. The lowest BCUT2D eigenvalue weighted by Gasteiger charge is -2.60. The molecule has 0 unspecified atom stereocenters. The van der Waals surface area contributed by atoms with Gasteiger partial charge >= 0.3 is 18.3 Å². The molecule has 4 aliphatic carbocycles. The van der Waals surface area contributed by atoms with Crippen molar-refractivity contribution < 1.29 is 43.2 Å². The summed E-state index contributed by atoms with van der Waals surface area (Å²) in [6, 6.07) is 0. The molecule has 0 saturated heterocycles. The second-order valence-electron chi connectivity index (χ2n) is 11.6. The predicted octanol–water partition coefficient (Wildman–Crippen LogP) is 4.88. The van der Waals surface area contributed by atoms with Crippen molar-refractivity contribution in [3.63, 3.8) is 0 Å². The van der Waals surface area contributed by atoms with Crippen LogP contribution in [0, 0.1) is 28.6 Å². The number of carbonyl (C=O) groups excluding carboxylic acids is 4. The first-order valence-electron chi connectivity index (χ1n) is 13.7. The van der Waals surface area contributed by atoms with Crippen LogP contribution in [0.15, 0.2) is 11.6 Å². The van der Waals surface area contributed by atoms with E-state index in [2.05, 4.69) is 6.92 Å². The van der Waals surface area contributed by atoms with Gasteiger partial charge in [0.2, 0.25) is 5.60 Å². The highest BCUT2D eigenvalue weighted by Crippen LogP contribution is 2.68. The quantitative estimate of drug-likeness (QED) is 0.385. The van der Waals surface area contributed by atoms with E-state index in [9.17, 15) is 24.3 Å². The Kier molecular flexibility index (Phi) is 7.75. The molecule has 0 amide bonds. The molecule has 9 heteroatoms. The fraction of sp³-hybridized carbons (Fsp3) is 0.786. The van der Waals surface area contributed by atoms with E-state index >= 15 is 0 Å². The summed E-state index contributed by atoms with van der Waals surface area (Å²) < 4.78 is 21.0. The van der Waals surface area contributed by atoms with Crippen LogP contribution in [0.3, 0.4) is 0 Å². The van der Waals surface area contributed by atoms with Crippen LogP contribution in [0.25, 0.3) is 0 Å². The minimum Gasteiger partial charge on any atom is -0.434 e. The van der Waals surface area contributed by atoms with E-state index in [0.717, 1.165) is 18.4 Å². The number of allylic oxidation sites excluding steroid dienone is 1. The minimum atomic E-state index is -1.79. The number of fused-ring (bicyclic) bond motifs is 5. The highest BCUT2D eigenvalue weighted by atomic mass is 16.8. The van der Waals surface area contributed by atoms with Gasteiger partial charge in [-0.2, -0.15) is 0 Å². The average molecular weight is 521 g/mol. The van der Waals surface area contributed by atoms with E-state index in [4.69, 9.17) is 18.9 Å². The number of aliphatic hydroxyl groups excluding tert-OH is 1. The molecule has 0 bridgehead atoms. The van der Waals surface area contributed by atoms with Gasteiger partial charge in [0.1, 0.15) is 0 Å². The average Bonchev–Trinajstić information content (AvgIpc) is 3.13. The van der Waals surface area contributed by atoms with Gasteiger partial charge in [-0.3, -0.25) is 4.79 Å². The molecule has 0 aliphatic heterocycles. The molecule has 0 aromatic carbocycles. The van der Waals surface area contributed by atoms with E-state index in [-0.39, 0.29) is 55.0 Å². The second kappa shape index (κ2) is 10.4. The Morgan fingerprint density at radius 3 is 2.35 bits per heavy atom. The molecule has 7 atom stereocenters. The predicted molar refractivity (Wildman–Crippen MR) is 131 cm³/mol. The molecule has 4 rings (SSSR count). The second-order valence-corrected chi connectivity index (χ2v) is 11.6. The summed E-state index contributed by atoms with van der Waals surface area (Å²) >= 11 is 0. The van der Waals surface area contributed by atoms with E-state index in [1.54, 1.807) is 6.08 Å². The largest absolute Gasteiger partial charge is 0.516 e. The lowest BCUT2D eigenvalue weighted by atomic mass is 9.45. The zero-order valence-electron chi connectivity index (χ0n) is 22.4. The lowest BCUT2D eigenvalue weighted by molar-refractivity contribution is -0.200. The van der Waals surface area contributed by atoms with Gasteiger partial charge in [-0.25, -0.2) is 14.4 Å². The van der Waals surface area contributed by atoms with Crippen LogP contribution < -0.4 is 0 Å². The van der Waals surface area contributed by atoms with Crippen molar-refractivity contribution in [1.29, 1.82) is 0 Å². The third-order valence-corrected chi connectivity index (χ3v) is 9.63. The summed E-state index contributed by atoms with van der Waals surface area (Å²) in [6.45, 7) is 7.89. The Hall–Kier alpha value is -2.42. The fourth-order valence-corrected chi connectivity index (χ4v) is 7.95. The first kappa shape index (κ1) is 27.6. The molecule has 206 valence electrons. The Labute approximate surface area is 218 Å². The number of esters is 1. The van der Waals surface area contributed by atoms with Crippen molar-refractivity contribution >= 4 is 24.1 Å². The highest BCUT2D eigenvalue weighted by Gasteiger charge is 2.72. The van der Waals surface area contributed by atoms with Gasteiger partial charge in [-0.15, -0.1) is 0 Å². The van der Waals surface area contributed by atoms with Crippen LogP contribution in [0.1, 0.15) is 85.5 Å². The van der Waals surface area contributed by atoms with Crippen molar-refractivity contribution in [2.75, 3.05) is 13.2 Å². The maximum atomic E-state index is 13.6. The molecule has 1 N–H and O–H groups in total. The van der Waals surface area contributed by atoms with E-state index < -0.39 is 35.4 Å². The zero-order chi connectivity index (χ0) is 27.0. The number of hydrogen-bond acceptors (Lipinski definition) is 9. The summed E-state index contributed by atoms with van der Waals surface area (Å²) in [7, 11) is 0. The molecular formula is C28H40O9. The summed E-state index contributed by atoms with van der Waals surface area (Å²) in [5, 5.41) is 11.6. The van der Waals surface area contributed by atoms with Crippen molar-refractivity contribution in [1.82, 2.24) is 0 Å². The van der Waals surface area contributed by atoms with E-state index in [1.165, 1.54) is 0 Å². The molecule has 3 saturated carbocycles. The number of ketones is 1. The van der Waals surface area contributed by atoms with Crippen LogP contribution in [-0.2, 0) is 28.5 Å². The van der Waals surface area contributed by atoms with Gasteiger partial charge in [0.25, 0.3) is 0 Å². The van der Waals surface area contributed by atoms with Crippen molar-refractivity contribution in [2.45, 2.75) is 97.2 Å². The molecular weight excluding hydrogens is 480 g/mol. The van der Waals surface area contributed by atoms with Crippen molar-refractivity contribution in [3.05, 3.63) is 11.6 Å². The maximum absolute atomic E-state index is 13.6. The van der Waals surface area contributed by atoms with Crippen LogP contribution in [0.4, 0.5) is 9.59 Å². The number of hydrogen-bond donors (Lipinski definition) is 1.